The molecule has 2 fully saturated rings. The minimum atomic E-state index is 0.943. The van der Waals surface area contributed by atoms with Gasteiger partial charge in [0.2, 0.25) is 0 Å². The highest BCUT2D eigenvalue weighted by Gasteiger charge is 2.29. The van der Waals surface area contributed by atoms with E-state index in [1.165, 1.54) is 63.1 Å². The van der Waals surface area contributed by atoms with Gasteiger partial charge in [0.15, 0.2) is 0 Å². The zero-order valence-corrected chi connectivity index (χ0v) is 15.2. The van der Waals surface area contributed by atoms with Crippen molar-refractivity contribution in [2.24, 2.45) is 11.8 Å². The predicted molar refractivity (Wildman–Crippen MR) is 106 cm³/mol. The van der Waals surface area contributed by atoms with E-state index < -0.39 is 0 Å². The molecular weight excluding hydrogens is 304 g/mol. The number of benzene rings is 2. The second kappa shape index (κ2) is 8.05. The molecule has 0 atom stereocenters. The molecule has 2 aliphatic rings. The fourth-order valence-electron chi connectivity index (χ4n) is 4.69. The van der Waals surface area contributed by atoms with Gasteiger partial charge in [-0.05, 0) is 68.3 Å². The Morgan fingerprint density at radius 3 is 1.76 bits per heavy atom. The third-order valence-electron chi connectivity index (χ3n) is 6.21. The fourth-order valence-corrected chi connectivity index (χ4v) is 4.69. The number of hydrogen-bond acceptors (Lipinski definition) is 2. The SMILES string of the molecule is c1ccc(CN2CCC(C3CCN(c4ccccc4)CC3)CC2)cc1. The quantitative estimate of drug-likeness (QED) is 0.791. The molecular formula is C23H30N2. The molecule has 0 unspecified atom stereocenters. The number of piperidine rings is 2. The van der Waals surface area contributed by atoms with Crippen LogP contribution in [0.4, 0.5) is 5.69 Å². The Morgan fingerprint density at radius 2 is 1.16 bits per heavy atom. The first kappa shape index (κ1) is 16.7. The van der Waals surface area contributed by atoms with Crippen LogP contribution in [0.15, 0.2) is 60.7 Å². The molecule has 2 aromatic carbocycles. The summed E-state index contributed by atoms with van der Waals surface area (Å²) in [7, 11) is 0. The van der Waals surface area contributed by atoms with Crippen molar-refractivity contribution in [1.29, 1.82) is 0 Å². The Kier molecular flexibility index (Phi) is 5.37. The van der Waals surface area contributed by atoms with Gasteiger partial charge in [0.05, 0.1) is 0 Å². The van der Waals surface area contributed by atoms with Gasteiger partial charge >= 0.3 is 0 Å². The average Bonchev–Trinajstić information content (AvgIpc) is 2.70. The summed E-state index contributed by atoms with van der Waals surface area (Å²) in [4.78, 5) is 5.21. The molecule has 0 radical (unpaired) electrons. The Bertz CT molecular complexity index is 624. The number of hydrogen-bond donors (Lipinski definition) is 0. The summed E-state index contributed by atoms with van der Waals surface area (Å²) in [5, 5.41) is 0. The Labute approximate surface area is 152 Å². The third-order valence-corrected chi connectivity index (χ3v) is 6.21. The normalized spacial score (nSPS) is 20.7. The van der Waals surface area contributed by atoms with Crippen molar-refractivity contribution in [3.8, 4) is 0 Å². The molecule has 2 aromatic rings. The summed E-state index contributed by atoms with van der Waals surface area (Å²) in [6.07, 6.45) is 5.53. The van der Waals surface area contributed by atoms with Crippen molar-refractivity contribution in [3.05, 3.63) is 66.2 Å². The first-order chi connectivity index (χ1) is 12.4. The molecule has 2 heteroatoms. The molecule has 2 nitrogen and oxygen atoms in total. The van der Waals surface area contributed by atoms with Gasteiger partial charge in [-0.1, -0.05) is 48.5 Å². The topological polar surface area (TPSA) is 6.48 Å². The van der Waals surface area contributed by atoms with Crippen LogP contribution in [0.25, 0.3) is 0 Å². The number of nitrogens with zero attached hydrogens (tertiary/aromatic N) is 2. The highest BCUT2D eigenvalue weighted by molar-refractivity contribution is 5.46. The molecule has 0 N–H and O–H groups in total. The Morgan fingerprint density at radius 1 is 0.640 bits per heavy atom. The maximum Gasteiger partial charge on any atom is 0.0366 e. The number of anilines is 1. The summed E-state index contributed by atoms with van der Waals surface area (Å²) in [5.74, 6) is 1.89. The van der Waals surface area contributed by atoms with E-state index in [0.717, 1.165) is 18.4 Å². The molecule has 2 saturated heterocycles. The van der Waals surface area contributed by atoms with Crippen LogP contribution in [0.1, 0.15) is 31.2 Å². The van der Waals surface area contributed by atoms with E-state index in [-0.39, 0.29) is 0 Å². The van der Waals surface area contributed by atoms with Gasteiger partial charge in [-0.25, -0.2) is 0 Å². The van der Waals surface area contributed by atoms with Crippen molar-refractivity contribution in [2.75, 3.05) is 31.1 Å². The maximum absolute atomic E-state index is 2.64. The molecule has 0 amide bonds. The molecule has 0 aromatic heterocycles. The largest absolute Gasteiger partial charge is 0.372 e. The lowest BCUT2D eigenvalue weighted by molar-refractivity contribution is 0.129. The number of likely N-dealkylation sites (tertiary alicyclic amines) is 1. The molecule has 0 aliphatic carbocycles. The highest BCUT2D eigenvalue weighted by Crippen LogP contribution is 2.34. The first-order valence-corrected chi connectivity index (χ1v) is 9.95. The smallest absolute Gasteiger partial charge is 0.0366 e. The predicted octanol–water partition coefficient (Wildman–Crippen LogP) is 4.82. The van der Waals surface area contributed by atoms with Crippen LogP contribution in [0.3, 0.4) is 0 Å². The standard InChI is InChI=1S/C23H30N2/c1-3-7-20(8-4-1)19-24-15-11-21(12-16-24)22-13-17-25(18-14-22)23-9-5-2-6-10-23/h1-10,21-22H,11-19H2. The van der Waals surface area contributed by atoms with Gasteiger partial charge in [-0.15, -0.1) is 0 Å². The van der Waals surface area contributed by atoms with Crippen molar-refractivity contribution >= 4 is 5.69 Å². The maximum atomic E-state index is 2.64. The number of para-hydroxylation sites is 1. The van der Waals surface area contributed by atoms with Crippen molar-refractivity contribution < 1.29 is 0 Å². The van der Waals surface area contributed by atoms with E-state index in [1.807, 2.05) is 0 Å². The van der Waals surface area contributed by atoms with Crippen molar-refractivity contribution in [3.63, 3.8) is 0 Å². The van der Waals surface area contributed by atoms with Gasteiger partial charge < -0.3 is 4.90 Å². The van der Waals surface area contributed by atoms with Crippen LogP contribution in [0.5, 0.6) is 0 Å². The van der Waals surface area contributed by atoms with Gasteiger partial charge in [-0.2, -0.15) is 0 Å². The summed E-state index contributed by atoms with van der Waals surface area (Å²) in [6.45, 7) is 6.15. The first-order valence-electron chi connectivity index (χ1n) is 9.95. The lowest BCUT2D eigenvalue weighted by Gasteiger charge is -2.41. The summed E-state index contributed by atoms with van der Waals surface area (Å²) in [5.41, 5.74) is 2.86. The van der Waals surface area contributed by atoms with Crippen LogP contribution in [-0.2, 0) is 6.54 Å². The Hall–Kier alpha value is -1.80. The van der Waals surface area contributed by atoms with Crippen molar-refractivity contribution in [1.82, 2.24) is 4.90 Å². The highest BCUT2D eigenvalue weighted by atomic mass is 15.1. The lowest BCUT2D eigenvalue weighted by atomic mass is 9.78. The average molecular weight is 335 g/mol. The van der Waals surface area contributed by atoms with Crippen LogP contribution in [0, 0.1) is 11.8 Å². The molecule has 2 aliphatic heterocycles. The van der Waals surface area contributed by atoms with Crippen LogP contribution in [0.2, 0.25) is 0 Å². The van der Waals surface area contributed by atoms with E-state index in [1.54, 1.807) is 0 Å². The van der Waals surface area contributed by atoms with Gasteiger partial charge in [0.25, 0.3) is 0 Å². The van der Waals surface area contributed by atoms with E-state index in [4.69, 9.17) is 0 Å². The molecule has 4 rings (SSSR count). The fraction of sp³-hybridized carbons (Fsp3) is 0.478. The molecule has 2 heterocycles. The minimum Gasteiger partial charge on any atom is -0.372 e. The summed E-state index contributed by atoms with van der Waals surface area (Å²) >= 11 is 0. The number of rotatable bonds is 4. The van der Waals surface area contributed by atoms with Gasteiger partial charge in [0.1, 0.15) is 0 Å². The third kappa shape index (κ3) is 4.24. The van der Waals surface area contributed by atoms with E-state index in [0.29, 0.717) is 0 Å². The van der Waals surface area contributed by atoms with E-state index in [2.05, 4.69) is 70.5 Å². The van der Waals surface area contributed by atoms with Crippen LogP contribution in [-0.4, -0.2) is 31.1 Å². The molecule has 0 spiro atoms. The summed E-state index contributed by atoms with van der Waals surface area (Å²) in [6, 6.07) is 21.9. The van der Waals surface area contributed by atoms with Gasteiger partial charge in [-0.3, -0.25) is 4.90 Å². The van der Waals surface area contributed by atoms with Crippen LogP contribution >= 0.6 is 0 Å². The van der Waals surface area contributed by atoms with E-state index in [9.17, 15) is 0 Å². The zero-order valence-electron chi connectivity index (χ0n) is 15.2. The lowest BCUT2D eigenvalue weighted by Crippen LogP contribution is -2.40. The van der Waals surface area contributed by atoms with Crippen LogP contribution < -0.4 is 4.90 Å². The summed E-state index contributed by atoms with van der Waals surface area (Å²) < 4.78 is 0. The van der Waals surface area contributed by atoms with Crippen molar-refractivity contribution in [2.45, 2.75) is 32.2 Å². The monoisotopic (exact) mass is 334 g/mol. The molecule has 0 bridgehead atoms. The Balaban J connectivity index is 1.24. The molecule has 0 saturated carbocycles. The molecule has 132 valence electrons. The van der Waals surface area contributed by atoms with Gasteiger partial charge in [0, 0.05) is 25.3 Å². The second-order valence-electron chi connectivity index (χ2n) is 7.76. The minimum absolute atomic E-state index is 0.943. The second-order valence-corrected chi connectivity index (χ2v) is 7.76. The zero-order chi connectivity index (χ0) is 16.9. The molecule has 25 heavy (non-hydrogen) atoms. The van der Waals surface area contributed by atoms with E-state index >= 15 is 0 Å².